The van der Waals surface area contributed by atoms with Crippen molar-refractivity contribution < 1.29 is 9.13 Å². The minimum absolute atomic E-state index is 0.213. The van der Waals surface area contributed by atoms with Gasteiger partial charge in [-0.1, -0.05) is 11.6 Å². The van der Waals surface area contributed by atoms with E-state index in [0.29, 0.717) is 16.5 Å². The van der Waals surface area contributed by atoms with Crippen molar-refractivity contribution in [3.8, 4) is 11.5 Å². The van der Waals surface area contributed by atoms with Crippen molar-refractivity contribution in [3.63, 3.8) is 0 Å². The van der Waals surface area contributed by atoms with Crippen LogP contribution in [0.3, 0.4) is 0 Å². The summed E-state index contributed by atoms with van der Waals surface area (Å²) in [6.07, 6.45) is 0. The Hall–Kier alpha value is -2.07. The molecule has 0 unspecified atom stereocenters. The minimum Gasteiger partial charge on any atom is -0.457 e. The van der Waals surface area contributed by atoms with Gasteiger partial charge in [0.2, 0.25) is 0 Å². The molecule has 0 fully saturated rings. The molecular weight excluding hydrogens is 255 g/mol. The summed E-state index contributed by atoms with van der Waals surface area (Å²) in [5.74, 6) is 0.141. The number of ether oxygens (including phenoxy) is 1. The molecule has 3 nitrogen and oxygen atoms in total. The lowest BCUT2D eigenvalue weighted by molar-refractivity contribution is 0.479. The number of halogens is 2. The van der Waals surface area contributed by atoms with Crippen LogP contribution < -0.4 is 10.5 Å². The molecule has 92 valence electrons. The highest BCUT2D eigenvalue weighted by Crippen LogP contribution is 2.26. The summed E-state index contributed by atoms with van der Waals surface area (Å²) in [5.41, 5.74) is 5.59. The number of rotatable bonds is 3. The number of benzene rings is 2. The van der Waals surface area contributed by atoms with Crippen LogP contribution in [0.4, 0.5) is 4.39 Å². The van der Waals surface area contributed by atoms with Crippen LogP contribution in [0.15, 0.2) is 42.5 Å². The Kier molecular flexibility index (Phi) is 3.48. The summed E-state index contributed by atoms with van der Waals surface area (Å²) in [5, 5.41) is 7.97. The second kappa shape index (κ2) is 5.06. The standard InChI is InChI=1S/C13H10ClFN2O/c14-8-1-4-10(5-2-8)18-12-6-3-9(15)7-11(12)13(16)17/h1-7H,(H3,16,17). The molecule has 0 atom stereocenters. The zero-order valence-electron chi connectivity index (χ0n) is 9.28. The quantitative estimate of drug-likeness (QED) is 0.658. The number of nitrogens with one attached hydrogen (secondary N) is 1. The first-order valence-electron chi connectivity index (χ1n) is 5.13. The van der Waals surface area contributed by atoms with Crippen molar-refractivity contribution in [1.82, 2.24) is 0 Å². The van der Waals surface area contributed by atoms with Gasteiger partial charge in [0.15, 0.2) is 0 Å². The molecule has 2 aromatic carbocycles. The van der Waals surface area contributed by atoms with E-state index in [9.17, 15) is 4.39 Å². The molecule has 5 heteroatoms. The molecule has 0 saturated heterocycles. The Morgan fingerprint density at radius 3 is 2.44 bits per heavy atom. The van der Waals surface area contributed by atoms with E-state index in [1.54, 1.807) is 24.3 Å². The average Bonchev–Trinajstić information content (AvgIpc) is 2.34. The molecule has 0 saturated carbocycles. The number of hydrogen-bond donors (Lipinski definition) is 2. The van der Waals surface area contributed by atoms with Crippen LogP contribution in [0.25, 0.3) is 0 Å². The molecule has 0 spiro atoms. The fourth-order valence-electron chi connectivity index (χ4n) is 1.43. The largest absolute Gasteiger partial charge is 0.457 e. The maximum Gasteiger partial charge on any atom is 0.138 e. The van der Waals surface area contributed by atoms with Gasteiger partial charge in [0.1, 0.15) is 23.2 Å². The SMILES string of the molecule is N=C(N)c1cc(F)ccc1Oc1ccc(Cl)cc1. The second-order valence-corrected chi connectivity index (χ2v) is 4.05. The fraction of sp³-hybridized carbons (Fsp3) is 0. The third-order valence-electron chi connectivity index (χ3n) is 2.27. The summed E-state index contributed by atoms with van der Waals surface area (Å²) < 4.78 is 18.6. The van der Waals surface area contributed by atoms with Crippen molar-refractivity contribution in [2.24, 2.45) is 5.73 Å². The number of nitrogen functional groups attached to an aromatic ring is 1. The van der Waals surface area contributed by atoms with Gasteiger partial charge in [-0.2, -0.15) is 0 Å². The van der Waals surface area contributed by atoms with E-state index < -0.39 is 5.82 Å². The molecule has 0 amide bonds. The molecule has 0 radical (unpaired) electrons. The molecule has 2 aromatic rings. The lowest BCUT2D eigenvalue weighted by Gasteiger charge is -2.10. The van der Waals surface area contributed by atoms with Gasteiger partial charge < -0.3 is 10.5 Å². The van der Waals surface area contributed by atoms with E-state index in [0.717, 1.165) is 6.07 Å². The topological polar surface area (TPSA) is 59.1 Å². The maximum absolute atomic E-state index is 13.1. The molecule has 2 rings (SSSR count). The van der Waals surface area contributed by atoms with E-state index in [2.05, 4.69) is 0 Å². The molecule has 0 aliphatic heterocycles. The number of hydrogen-bond acceptors (Lipinski definition) is 2. The lowest BCUT2D eigenvalue weighted by atomic mass is 10.2. The van der Waals surface area contributed by atoms with Gasteiger partial charge in [0.05, 0.1) is 5.56 Å². The van der Waals surface area contributed by atoms with Crippen LogP contribution in [0.1, 0.15) is 5.56 Å². The first-order chi connectivity index (χ1) is 8.56. The van der Waals surface area contributed by atoms with E-state index in [1.165, 1.54) is 12.1 Å². The minimum atomic E-state index is -0.469. The molecule has 0 heterocycles. The smallest absolute Gasteiger partial charge is 0.138 e. The Morgan fingerprint density at radius 1 is 1.17 bits per heavy atom. The highest BCUT2D eigenvalue weighted by molar-refractivity contribution is 6.30. The Labute approximate surface area is 108 Å². The summed E-state index contributed by atoms with van der Waals surface area (Å²) in [4.78, 5) is 0. The van der Waals surface area contributed by atoms with Crippen LogP contribution in [-0.2, 0) is 0 Å². The summed E-state index contributed by atoms with van der Waals surface area (Å²) in [6.45, 7) is 0. The average molecular weight is 265 g/mol. The molecular formula is C13H10ClFN2O. The van der Waals surface area contributed by atoms with Crippen LogP contribution in [-0.4, -0.2) is 5.84 Å². The van der Waals surface area contributed by atoms with Crippen molar-refractivity contribution in [2.75, 3.05) is 0 Å². The Balaban J connectivity index is 2.34. The molecule has 0 aliphatic rings. The molecule has 18 heavy (non-hydrogen) atoms. The highest BCUT2D eigenvalue weighted by atomic mass is 35.5. The summed E-state index contributed by atoms with van der Waals surface area (Å²) >= 11 is 5.76. The predicted octanol–water partition coefficient (Wildman–Crippen LogP) is 3.56. The van der Waals surface area contributed by atoms with Crippen LogP contribution >= 0.6 is 11.6 Å². The van der Waals surface area contributed by atoms with Gasteiger partial charge in [0, 0.05) is 5.02 Å². The van der Waals surface area contributed by atoms with E-state index in [-0.39, 0.29) is 11.4 Å². The zero-order chi connectivity index (χ0) is 13.1. The normalized spacial score (nSPS) is 10.1. The lowest BCUT2D eigenvalue weighted by Crippen LogP contribution is -2.12. The van der Waals surface area contributed by atoms with Gasteiger partial charge >= 0.3 is 0 Å². The van der Waals surface area contributed by atoms with Gasteiger partial charge in [-0.15, -0.1) is 0 Å². The van der Waals surface area contributed by atoms with Crippen molar-refractivity contribution in [2.45, 2.75) is 0 Å². The van der Waals surface area contributed by atoms with Gasteiger partial charge in [-0.3, -0.25) is 5.41 Å². The van der Waals surface area contributed by atoms with Crippen molar-refractivity contribution in [1.29, 1.82) is 5.41 Å². The second-order valence-electron chi connectivity index (χ2n) is 3.61. The van der Waals surface area contributed by atoms with Gasteiger partial charge in [0.25, 0.3) is 0 Å². The third-order valence-corrected chi connectivity index (χ3v) is 2.53. The van der Waals surface area contributed by atoms with Gasteiger partial charge in [-0.25, -0.2) is 4.39 Å². The predicted molar refractivity (Wildman–Crippen MR) is 68.9 cm³/mol. The summed E-state index contributed by atoms with van der Waals surface area (Å²) in [7, 11) is 0. The van der Waals surface area contributed by atoms with E-state index in [1.807, 2.05) is 0 Å². The third kappa shape index (κ3) is 2.78. The van der Waals surface area contributed by atoms with Crippen molar-refractivity contribution >= 4 is 17.4 Å². The van der Waals surface area contributed by atoms with Crippen LogP contribution in [0.5, 0.6) is 11.5 Å². The van der Waals surface area contributed by atoms with E-state index in [4.69, 9.17) is 27.5 Å². The van der Waals surface area contributed by atoms with Crippen LogP contribution in [0.2, 0.25) is 5.02 Å². The van der Waals surface area contributed by atoms with E-state index >= 15 is 0 Å². The first kappa shape index (κ1) is 12.4. The number of amidine groups is 1. The Morgan fingerprint density at radius 2 is 1.83 bits per heavy atom. The number of nitrogens with two attached hydrogens (primary N) is 1. The highest BCUT2D eigenvalue weighted by Gasteiger charge is 2.09. The molecule has 0 aromatic heterocycles. The van der Waals surface area contributed by atoms with Gasteiger partial charge in [-0.05, 0) is 42.5 Å². The molecule has 3 N–H and O–H groups in total. The first-order valence-corrected chi connectivity index (χ1v) is 5.51. The Bertz CT molecular complexity index is 584. The van der Waals surface area contributed by atoms with Crippen molar-refractivity contribution in [3.05, 3.63) is 58.9 Å². The molecule has 0 bridgehead atoms. The fourth-order valence-corrected chi connectivity index (χ4v) is 1.56. The molecule has 0 aliphatic carbocycles. The monoisotopic (exact) mass is 264 g/mol. The zero-order valence-corrected chi connectivity index (χ0v) is 10.0. The van der Waals surface area contributed by atoms with Crippen LogP contribution in [0, 0.1) is 11.2 Å². The summed E-state index contributed by atoms with van der Waals surface area (Å²) in [6, 6.07) is 10.5. The maximum atomic E-state index is 13.1.